The molecule has 0 aliphatic heterocycles. The van der Waals surface area contributed by atoms with Crippen LogP contribution in [-0.4, -0.2) is 30.9 Å². The van der Waals surface area contributed by atoms with E-state index in [-0.39, 0.29) is 23.7 Å². The summed E-state index contributed by atoms with van der Waals surface area (Å²) >= 11 is 0. The molecule has 0 bridgehead atoms. The van der Waals surface area contributed by atoms with Gasteiger partial charge in [-0.2, -0.15) is 0 Å². The van der Waals surface area contributed by atoms with Gasteiger partial charge in [-0.15, -0.1) is 0 Å². The van der Waals surface area contributed by atoms with Crippen LogP contribution in [0.15, 0.2) is 60.8 Å². The van der Waals surface area contributed by atoms with Gasteiger partial charge in [0.25, 0.3) is 0 Å². The van der Waals surface area contributed by atoms with Gasteiger partial charge in [0, 0.05) is 37.1 Å². The normalized spacial score (nSPS) is 17.8. The van der Waals surface area contributed by atoms with Gasteiger partial charge in [0.15, 0.2) is 0 Å². The number of nitrogens with zero attached hydrogens (tertiary/aromatic N) is 2. The summed E-state index contributed by atoms with van der Waals surface area (Å²) in [5.74, 6) is -0.855. The minimum absolute atomic E-state index is 0.117. The minimum Gasteiger partial charge on any atom is -0.378 e. The highest BCUT2D eigenvalue weighted by atomic mass is 16.2. The third kappa shape index (κ3) is 3.67. The molecule has 1 aliphatic rings. The molecule has 1 aliphatic carbocycles. The molecule has 6 heteroatoms. The largest absolute Gasteiger partial charge is 0.378 e. The van der Waals surface area contributed by atoms with Crippen LogP contribution in [0.3, 0.4) is 0 Å². The first-order chi connectivity index (χ1) is 13.5. The second-order valence-corrected chi connectivity index (χ2v) is 7.25. The second-order valence-electron chi connectivity index (χ2n) is 7.25. The first kappa shape index (κ1) is 18.0. The van der Waals surface area contributed by atoms with Crippen LogP contribution in [-0.2, 0) is 9.59 Å². The lowest BCUT2D eigenvalue weighted by molar-refractivity contribution is -0.122. The van der Waals surface area contributed by atoms with Crippen LogP contribution < -0.4 is 15.5 Å². The fourth-order valence-corrected chi connectivity index (χ4v) is 3.28. The van der Waals surface area contributed by atoms with Crippen LogP contribution in [0.2, 0.25) is 0 Å². The van der Waals surface area contributed by atoms with Crippen molar-refractivity contribution >= 4 is 39.8 Å². The maximum atomic E-state index is 12.6. The predicted molar refractivity (Wildman–Crippen MR) is 111 cm³/mol. The number of pyridine rings is 1. The van der Waals surface area contributed by atoms with Gasteiger partial charge in [-0.1, -0.05) is 18.2 Å². The predicted octanol–water partition coefficient (Wildman–Crippen LogP) is 3.51. The monoisotopic (exact) mass is 374 g/mol. The highest BCUT2D eigenvalue weighted by Crippen LogP contribution is 2.40. The van der Waals surface area contributed by atoms with E-state index in [0.29, 0.717) is 12.1 Å². The molecule has 1 fully saturated rings. The Balaban J connectivity index is 1.38. The summed E-state index contributed by atoms with van der Waals surface area (Å²) in [5.41, 5.74) is 3.22. The molecule has 142 valence electrons. The van der Waals surface area contributed by atoms with Gasteiger partial charge in [0.2, 0.25) is 11.8 Å². The third-order valence-corrected chi connectivity index (χ3v) is 5.01. The summed E-state index contributed by atoms with van der Waals surface area (Å²) in [6, 6.07) is 17.1. The summed E-state index contributed by atoms with van der Waals surface area (Å²) in [6.45, 7) is 0. The van der Waals surface area contributed by atoms with Crippen molar-refractivity contribution in [3.05, 3.63) is 60.8 Å². The number of hydrogen-bond donors (Lipinski definition) is 2. The van der Waals surface area contributed by atoms with Gasteiger partial charge in [0.1, 0.15) is 0 Å². The quantitative estimate of drug-likeness (QED) is 0.717. The number of hydrogen-bond acceptors (Lipinski definition) is 4. The number of nitrogens with one attached hydrogen (secondary N) is 2. The summed E-state index contributed by atoms with van der Waals surface area (Å²) in [6.07, 6.45) is 2.26. The zero-order chi connectivity index (χ0) is 19.7. The van der Waals surface area contributed by atoms with E-state index in [4.69, 9.17) is 0 Å². The van der Waals surface area contributed by atoms with Gasteiger partial charge in [0.05, 0.1) is 23.0 Å². The molecule has 0 spiro atoms. The van der Waals surface area contributed by atoms with E-state index in [2.05, 4.69) is 15.6 Å². The van der Waals surface area contributed by atoms with Gasteiger partial charge >= 0.3 is 0 Å². The number of aromatic nitrogens is 1. The SMILES string of the molecule is CN(C)c1ccc(NC(=O)C2CC2C(=O)Nc2cccc3cccnc23)cc1. The second kappa shape index (κ2) is 7.31. The van der Waals surface area contributed by atoms with E-state index in [1.54, 1.807) is 6.20 Å². The molecule has 6 nitrogen and oxygen atoms in total. The van der Waals surface area contributed by atoms with Crippen LogP contribution in [0.1, 0.15) is 6.42 Å². The third-order valence-electron chi connectivity index (χ3n) is 5.01. The van der Waals surface area contributed by atoms with Crippen molar-refractivity contribution in [1.82, 2.24) is 4.98 Å². The number of benzene rings is 2. The smallest absolute Gasteiger partial charge is 0.228 e. The van der Waals surface area contributed by atoms with Crippen molar-refractivity contribution in [2.75, 3.05) is 29.6 Å². The first-order valence-corrected chi connectivity index (χ1v) is 9.26. The van der Waals surface area contributed by atoms with Crippen molar-refractivity contribution in [3.63, 3.8) is 0 Å². The van der Waals surface area contributed by atoms with E-state index in [0.717, 1.165) is 22.3 Å². The first-order valence-electron chi connectivity index (χ1n) is 9.26. The Morgan fingerprint density at radius 2 is 1.61 bits per heavy atom. The molecule has 28 heavy (non-hydrogen) atoms. The van der Waals surface area contributed by atoms with E-state index < -0.39 is 0 Å². The lowest BCUT2D eigenvalue weighted by Crippen LogP contribution is -2.20. The number of carbonyl (C=O) groups excluding carboxylic acids is 2. The van der Waals surface area contributed by atoms with E-state index in [9.17, 15) is 9.59 Å². The molecule has 0 radical (unpaired) electrons. The Hall–Kier alpha value is -3.41. The van der Waals surface area contributed by atoms with Crippen molar-refractivity contribution in [2.45, 2.75) is 6.42 Å². The number of anilines is 3. The molecule has 2 aromatic carbocycles. The highest BCUT2D eigenvalue weighted by molar-refractivity contribution is 6.06. The number of carbonyl (C=O) groups is 2. The average Bonchev–Trinajstić information content (AvgIpc) is 3.50. The molecule has 1 saturated carbocycles. The molecule has 2 N–H and O–H groups in total. The Labute approximate surface area is 163 Å². The fourth-order valence-electron chi connectivity index (χ4n) is 3.28. The maximum absolute atomic E-state index is 12.6. The molecule has 3 aromatic rings. The molecule has 2 atom stereocenters. The summed E-state index contributed by atoms with van der Waals surface area (Å²) in [4.78, 5) is 31.4. The number of fused-ring (bicyclic) bond motifs is 1. The summed E-state index contributed by atoms with van der Waals surface area (Å²) < 4.78 is 0. The summed E-state index contributed by atoms with van der Waals surface area (Å²) in [5, 5.41) is 6.79. The lowest BCUT2D eigenvalue weighted by Gasteiger charge is -2.13. The Kier molecular flexibility index (Phi) is 4.69. The molecule has 4 rings (SSSR count). The highest BCUT2D eigenvalue weighted by Gasteiger charge is 2.48. The number of amides is 2. The molecule has 2 unspecified atom stereocenters. The molecular formula is C22H22N4O2. The van der Waals surface area contributed by atoms with Crippen molar-refractivity contribution in [3.8, 4) is 0 Å². The number of para-hydroxylation sites is 1. The lowest BCUT2D eigenvalue weighted by atomic mass is 10.2. The van der Waals surface area contributed by atoms with Crippen LogP contribution in [0.25, 0.3) is 10.9 Å². The van der Waals surface area contributed by atoms with Crippen LogP contribution in [0, 0.1) is 11.8 Å². The maximum Gasteiger partial charge on any atom is 0.228 e. The van der Waals surface area contributed by atoms with Gasteiger partial charge in [-0.3, -0.25) is 14.6 Å². The van der Waals surface area contributed by atoms with E-state index in [1.165, 1.54) is 0 Å². The zero-order valence-corrected chi connectivity index (χ0v) is 15.8. The van der Waals surface area contributed by atoms with Crippen molar-refractivity contribution in [2.24, 2.45) is 11.8 Å². The molecule has 1 aromatic heterocycles. The molecular weight excluding hydrogens is 352 g/mol. The standard InChI is InChI=1S/C22H22N4O2/c1-26(2)16-10-8-15(9-11-16)24-21(27)17-13-18(17)22(28)25-19-7-3-5-14-6-4-12-23-20(14)19/h3-12,17-18H,13H2,1-2H3,(H,24,27)(H,25,28). The zero-order valence-electron chi connectivity index (χ0n) is 15.8. The molecule has 0 saturated heterocycles. The number of rotatable bonds is 5. The van der Waals surface area contributed by atoms with Crippen molar-refractivity contribution in [1.29, 1.82) is 0 Å². The van der Waals surface area contributed by atoms with Crippen LogP contribution in [0.4, 0.5) is 17.1 Å². The van der Waals surface area contributed by atoms with Gasteiger partial charge in [-0.25, -0.2) is 0 Å². The van der Waals surface area contributed by atoms with Crippen molar-refractivity contribution < 1.29 is 9.59 Å². The molecule has 2 amide bonds. The van der Waals surface area contributed by atoms with E-state index >= 15 is 0 Å². The average molecular weight is 374 g/mol. The van der Waals surface area contributed by atoms with Crippen LogP contribution >= 0.6 is 0 Å². The van der Waals surface area contributed by atoms with Gasteiger partial charge in [-0.05, 0) is 42.8 Å². The summed E-state index contributed by atoms with van der Waals surface area (Å²) in [7, 11) is 3.93. The molecule has 1 heterocycles. The van der Waals surface area contributed by atoms with Crippen LogP contribution in [0.5, 0.6) is 0 Å². The Morgan fingerprint density at radius 1 is 0.929 bits per heavy atom. The Bertz CT molecular complexity index is 1020. The van der Waals surface area contributed by atoms with Gasteiger partial charge < -0.3 is 15.5 Å². The Morgan fingerprint density at radius 3 is 2.32 bits per heavy atom. The van der Waals surface area contributed by atoms with E-state index in [1.807, 2.05) is 73.6 Å². The topological polar surface area (TPSA) is 74.3 Å². The minimum atomic E-state index is -0.306. The fraction of sp³-hybridized carbons (Fsp3) is 0.227.